The van der Waals surface area contributed by atoms with Crippen molar-refractivity contribution in [3.05, 3.63) is 0 Å². The van der Waals surface area contributed by atoms with E-state index in [1.54, 1.807) is 0 Å². The van der Waals surface area contributed by atoms with Crippen LogP contribution >= 0.6 is 0 Å². The topological polar surface area (TPSA) is 49.8 Å². The molecular weight excluding hydrogens is 218 g/mol. The summed E-state index contributed by atoms with van der Waals surface area (Å²) < 4.78 is 5.29. The van der Waals surface area contributed by atoms with E-state index in [0.717, 1.165) is 25.9 Å². The first-order valence-corrected chi connectivity index (χ1v) is 6.68. The molecule has 1 rings (SSSR count). The zero-order valence-corrected chi connectivity index (χ0v) is 11.1. The average molecular weight is 243 g/mol. The SMILES string of the molecule is CCCCN(CC)CC1(C(=O)O)CCOCC1. The minimum Gasteiger partial charge on any atom is -0.481 e. The van der Waals surface area contributed by atoms with E-state index in [0.29, 0.717) is 32.6 Å². The fraction of sp³-hybridized carbons (Fsp3) is 0.923. The Kier molecular flexibility index (Phi) is 5.92. The monoisotopic (exact) mass is 243 g/mol. The summed E-state index contributed by atoms with van der Waals surface area (Å²) in [6.45, 7) is 8.02. The first kappa shape index (κ1) is 14.5. The third-order valence-corrected chi connectivity index (χ3v) is 3.70. The lowest BCUT2D eigenvalue weighted by atomic mass is 9.79. The molecule has 1 fully saturated rings. The standard InChI is InChI=1S/C13H25NO3/c1-3-5-8-14(4-2)11-13(12(15)16)6-9-17-10-7-13/h3-11H2,1-2H3,(H,15,16). The quantitative estimate of drug-likeness (QED) is 0.743. The van der Waals surface area contributed by atoms with Gasteiger partial charge in [-0.2, -0.15) is 0 Å². The Morgan fingerprint density at radius 3 is 2.47 bits per heavy atom. The van der Waals surface area contributed by atoms with Crippen LogP contribution in [0.15, 0.2) is 0 Å². The zero-order valence-electron chi connectivity index (χ0n) is 11.1. The highest BCUT2D eigenvalue weighted by molar-refractivity contribution is 5.75. The molecule has 0 aromatic rings. The van der Waals surface area contributed by atoms with Gasteiger partial charge in [0, 0.05) is 19.8 Å². The van der Waals surface area contributed by atoms with Crippen LogP contribution in [0, 0.1) is 5.41 Å². The van der Waals surface area contributed by atoms with Gasteiger partial charge in [0.2, 0.25) is 0 Å². The van der Waals surface area contributed by atoms with E-state index in [9.17, 15) is 9.90 Å². The van der Waals surface area contributed by atoms with Gasteiger partial charge in [0.05, 0.1) is 5.41 Å². The molecule has 0 aromatic carbocycles. The molecule has 1 heterocycles. The van der Waals surface area contributed by atoms with E-state index in [1.165, 1.54) is 0 Å². The molecule has 17 heavy (non-hydrogen) atoms. The maximum atomic E-state index is 11.5. The van der Waals surface area contributed by atoms with Crippen LogP contribution in [0.25, 0.3) is 0 Å². The van der Waals surface area contributed by atoms with Gasteiger partial charge in [-0.3, -0.25) is 4.79 Å². The molecule has 1 aliphatic rings. The average Bonchev–Trinajstić information content (AvgIpc) is 2.35. The Bertz CT molecular complexity index is 237. The molecule has 0 atom stereocenters. The van der Waals surface area contributed by atoms with Gasteiger partial charge in [0.15, 0.2) is 0 Å². The van der Waals surface area contributed by atoms with Gasteiger partial charge in [-0.05, 0) is 32.4 Å². The summed E-state index contributed by atoms with van der Waals surface area (Å²) >= 11 is 0. The molecular formula is C13H25NO3. The normalized spacial score (nSPS) is 19.5. The molecule has 0 aliphatic carbocycles. The molecule has 1 aliphatic heterocycles. The van der Waals surface area contributed by atoms with Gasteiger partial charge in [0.25, 0.3) is 0 Å². The molecule has 4 heteroatoms. The number of hydrogen-bond acceptors (Lipinski definition) is 3. The van der Waals surface area contributed by atoms with Gasteiger partial charge < -0.3 is 14.7 Å². The predicted octanol–water partition coefficient (Wildman–Crippen LogP) is 1.99. The van der Waals surface area contributed by atoms with Crippen LogP contribution in [0.5, 0.6) is 0 Å². The first-order chi connectivity index (χ1) is 8.14. The van der Waals surface area contributed by atoms with E-state index < -0.39 is 11.4 Å². The number of carboxylic acid groups (broad SMARTS) is 1. The molecule has 1 saturated heterocycles. The van der Waals surface area contributed by atoms with Gasteiger partial charge in [-0.25, -0.2) is 0 Å². The maximum Gasteiger partial charge on any atom is 0.311 e. The van der Waals surface area contributed by atoms with Crippen LogP contribution in [0.3, 0.4) is 0 Å². The number of aliphatic carboxylic acids is 1. The second-order valence-electron chi connectivity index (χ2n) is 4.92. The minimum absolute atomic E-state index is 0.581. The van der Waals surface area contributed by atoms with E-state index >= 15 is 0 Å². The lowest BCUT2D eigenvalue weighted by Gasteiger charge is -2.37. The van der Waals surface area contributed by atoms with Crippen molar-refractivity contribution in [2.75, 3.05) is 32.8 Å². The van der Waals surface area contributed by atoms with Gasteiger partial charge >= 0.3 is 5.97 Å². The Morgan fingerprint density at radius 1 is 1.35 bits per heavy atom. The van der Waals surface area contributed by atoms with Crippen LogP contribution < -0.4 is 0 Å². The Balaban J connectivity index is 2.60. The van der Waals surface area contributed by atoms with Crippen LogP contribution in [0.2, 0.25) is 0 Å². The van der Waals surface area contributed by atoms with Crippen molar-refractivity contribution in [1.82, 2.24) is 4.90 Å². The van der Waals surface area contributed by atoms with Crippen LogP contribution in [-0.4, -0.2) is 48.8 Å². The van der Waals surface area contributed by atoms with Crippen molar-refractivity contribution in [2.45, 2.75) is 39.5 Å². The zero-order chi connectivity index (χ0) is 12.7. The number of unbranched alkanes of at least 4 members (excludes halogenated alkanes) is 1. The molecule has 0 aromatic heterocycles. The molecule has 0 spiro atoms. The van der Waals surface area contributed by atoms with Crippen molar-refractivity contribution in [3.63, 3.8) is 0 Å². The number of carbonyl (C=O) groups is 1. The Labute approximate surface area is 104 Å². The van der Waals surface area contributed by atoms with E-state index in [4.69, 9.17) is 4.74 Å². The molecule has 0 bridgehead atoms. The summed E-state index contributed by atoms with van der Waals surface area (Å²) in [5.74, 6) is -0.657. The molecule has 0 unspecified atom stereocenters. The second kappa shape index (κ2) is 6.97. The molecule has 0 amide bonds. The summed E-state index contributed by atoms with van der Waals surface area (Å²) in [6, 6.07) is 0. The summed E-state index contributed by atoms with van der Waals surface area (Å²) in [5, 5.41) is 9.48. The maximum absolute atomic E-state index is 11.5. The number of hydrogen-bond donors (Lipinski definition) is 1. The Morgan fingerprint density at radius 2 is 2.00 bits per heavy atom. The van der Waals surface area contributed by atoms with Crippen LogP contribution in [0.1, 0.15) is 39.5 Å². The van der Waals surface area contributed by atoms with Gasteiger partial charge in [-0.1, -0.05) is 20.3 Å². The van der Waals surface area contributed by atoms with Gasteiger partial charge in [0.1, 0.15) is 0 Å². The number of ether oxygens (including phenoxy) is 1. The highest BCUT2D eigenvalue weighted by atomic mass is 16.5. The predicted molar refractivity (Wildman–Crippen MR) is 67.1 cm³/mol. The number of rotatable bonds is 7. The summed E-state index contributed by atoms with van der Waals surface area (Å²) in [5.41, 5.74) is -0.581. The van der Waals surface area contributed by atoms with E-state index in [2.05, 4.69) is 18.7 Å². The third kappa shape index (κ3) is 3.96. The van der Waals surface area contributed by atoms with Crippen LogP contribution in [0.4, 0.5) is 0 Å². The smallest absolute Gasteiger partial charge is 0.311 e. The van der Waals surface area contributed by atoms with Crippen molar-refractivity contribution in [2.24, 2.45) is 5.41 Å². The highest BCUT2D eigenvalue weighted by Crippen LogP contribution is 2.32. The largest absolute Gasteiger partial charge is 0.481 e. The van der Waals surface area contributed by atoms with E-state index in [1.807, 2.05) is 0 Å². The fourth-order valence-electron chi connectivity index (χ4n) is 2.36. The van der Waals surface area contributed by atoms with Crippen molar-refractivity contribution in [3.8, 4) is 0 Å². The lowest BCUT2D eigenvalue weighted by Crippen LogP contribution is -2.46. The summed E-state index contributed by atoms with van der Waals surface area (Å²) in [7, 11) is 0. The first-order valence-electron chi connectivity index (χ1n) is 6.68. The van der Waals surface area contributed by atoms with Crippen LogP contribution in [-0.2, 0) is 9.53 Å². The van der Waals surface area contributed by atoms with Crippen molar-refractivity contribution in [1.29, 1.82) is 0 Å². The Hall–Kier alpha value is -0.610. The van der Waals surface area contributed by atoms with Crippen molar-refractivity contribution >= 4 is 5.97 Å². The lowest BCUT2D eigenvalue weighted by molar-refractivity contribution is -0.156. The number of nitrogens with zero attached hydrogens (tertiary/aromatic N) is 1. The molecule has 1 N–H and O–H groups in total. The third-order valence-electron chi connectivity index (χ3n) is 3.70. The number of carboxylic acids is 1. The molecule has 4 nitrogen and oxygen atoms in total. The molecule has 100 valence electrons. The second-order valence-corrected chi connectivity index (χ2v) is 4.92. The minimum atomic E-state index is -0.657. The fourth-order valence-corrected chi connectivity index (χ4v) is 2.36. The van der Waals surface area contributed by atoms with E-state index in [-0.39, 0.29) is 0 Å². The molecule has 0 radical (unpaired) electrons. The van der Waals surface area contributed by atoms with Gasteiger partial charge in [-0.15, -0.1) is 0 Å². The highest BCUT2D eigenvalue weighted by Gasteiger charge is 2.41. The van der Waals surface area contributed by atoms with Crippen molar-refractivity contribution < 1.29 is 14.6 Å². The summed E-state index contributed by atoms with van der Waals surface area (Å²) in [6.07, 6.45) is 3.58. The molecule has 0 saturated carbocycles. The summed E-state index contributed by atoms with van der Waals surface area (Å²) in [4.78, 5) is 13.8.